The Morgan fingerprint density at radius 3 is 2.49 bits per heavy atom. The van der Waals surface area contributed by atoms with Gasteiger partial charge in [0.25, 0.3) is 0 Å². The lowest BCUT2D eigenvalue weighted by molar-refractivity contribution is -0.125. The summed E-state index contributed by atoms with van der Waals surface area (Å²) in [5.74, 6) is 0.414. The molecule has 5 aromatic carbocycles. The molecule has 13 heteroatoms. The smallest absolute Gasteiger partial charge is 0.167 e. The van der Waals surface area contributed by atoms with Gasteiger partial charge in [0, 0.05) is 41.8 Å². The Bertz CT molecular complexity index is 2900. The number of rotatable bonds is 15. The van der Waals surface area contributed by atoms with Gasteiger partial charge in [0.2, 0.25) is 0 Å². The average Bonchev–Trinajstić information content (AvgIpc) is 4.04. The normalized spacial score (nSPS) is 21.9. The van der Waals surface area contributed by atoms with Crippen molar-refractivity contribution in [1.29, 1.82) is 0 Å². The summed E-state index contributed by atoms with van der Waals surface area (Å²) in [7, 11) is 6.55. The first-order valence-electron chi connectivity index (χ1n) is 24.8. The Kier molecular flexibility index (Phi) is 15.2. The maximum Gasteiger partial charge on any atom is 0.167 e. The van der Waals surface area contributed by atoms with E-state index >= 15 is 4.79 Å². The number of phenols is 3. The van der Waals surface area contributed by atoms with Gasteiger partial charge in [-0.05, 0) is 127 Å². The molecule has 3 aliphatic rings. The van der Waals surface area contributed by atoms with Crippen LogP contribution in [0.15, 0.2) is 109 Å². The van der Waals surface area contributed by atoms with E-state index in [9.17, 15) is 25.5 Å². The first kappa shape index (κ1) is 50.5. The molecule has 11 nitrogen and oxygen atoms in total. The van der Waals surface area contributed by atoms with Gasteiger partial charge in [-0.1, -0.05) is 120 Å². The lowest BCUT2D eigenvalue weighted by Gasteiger charge is -2.35. The molecule has 71 heavy (non-hydrogen) atoms. The van der Waals surface area contributed by atoms with Crippen molar-refractivity contribution in [2.24, 2.45) is 5.92 Å². The van der Waals surface area contributed by atoms with Gasteiger partial charge in [0.1, 0.15) is 18.3 Å². The molecule has 5 atom stereocenters. The molecule has 374 valence electrons. The van der Waals surface area contributed by atoms with E-state index < -0.39 is 33.8 Å². The van der Waals surface area contributed by atoms with Crippen LogP contribution in [-0.4, -0.2) is 76.2 Å². The predicted molar refractivity (Wildman–Crippen MR) is 284 cm³/mol. The number of carbonyl (C=O) groups excluding carboxylic acids is 1. The first-order chi connectivity index (χ1) is 34.3. The number of aliphatic hydroxyl groups is 2. The Hall–Kier alpha value is -5.41. The van der Waals surface area contributed by atoms with E-state index in [1.165, 1.54) is 27.2 Å². The summed E-state index contributed by atoms with van der Waals surface area (Å²) in [6.45, 7) is 4.25. The molecule has 2 aliphatic carbocycles. The summed E-state index contributed by atoms with van der Waals surface area (Å²) in [5.41, 5.74) is 5.16. The number of Topliss-reactive ketones (excluding diaryl/α,β-unsaturated/α-hetero) is 1. The summed E-state index contributed by atoms with van der Waals surface area (Å²) < 4.78 is 12.3. The fourth-order valence-electron chi connectivity index (χ4n) is 11.4. The van der Waals surface area contributed by atoms with Gasteiger partial charge >= 0.3 is 0 Å². The molecule has 0 saturated heterocycles. The Balaban J connectivity index is 1.15. The third-order valence-corrected chi connectivity index (χ3v) is 18.2. The number of phenolic OH excluding ortho intramolecular Hbond substituents is 3. The summed E-state index contributed by atoms with van der Waals surface area (Å²) in [4.78, 5) is 20.4. The molecule has 0 radical (unpaired) electrons. The second kappa shape index (κ2) is 21.4. The number of nitrogens with zero attached hydrogens (tertiary/aromatic N) is 1. The van der Waals surface area contributed by atoms with Crippen LogP contribution in [0.1, 0.15) is 101 Å². The highest BCUT2D eigenvalue weighted by Crippen LogP contribution is 2.53. The fourth-order valence-corrected chi connectivity index (χ4v) is 14.4. The third-order valence-electron chi connectivity index (χ3n) is 15.3. The topological polar surface area (TPSA) is 175 Å². The zero-order chi connectivity index (χ0) is 49.9. The van der Waals surface area contributed by atoms with Crippen LogP contribution < -0.4 is 25.1 Å². The van der Waals surface area contributed by atoms with Gasteiger partial charge in [0.15, 0.2) is 23.0 Å². The molecular weight excluding hydrogens is 931 g/mol. The number of fused-ring (bicyclic) bond motifs is 1. The monoisotopic (exact) mass is 996 g/mol. The number of ketones is 1. The Morgan fingerprint density at radius 1 is 0.958 bits per heavy atom. The van der Waals surface area contributed by atoms with Crippen molar-refractivity contribution in [2.75, 3.05) is 33.2 Å². The second-order valence-electron chi connectivity index (χ2n) is 20.0. The average molecular weight is 997 g/mol. The summed E-state index contributed by atoms with van der Waals surface area (Å²) >= 11 is 0. The molecule has 9 rings (SSSR count). The standard InChI is InChI=1S/C58H66N3O8S2/c1-5-37-12-13-38-10-6-7-11-45(38)46(37)29-47-39(14-16-48(63)54(47)68-4)25-41(24-36-19-23-60-32-36)50(65)30-52(66)57(42-26-43(28-44(62)27-42)58(59-3)20-8-9-21-58)22-18-51-53-40(31-57)15-17-49(64)55(53)69-35-61-33-56(2,67)34-70-71-51/h6-7,10-19,22-23,26-28,32,41,50-51,59,61-65,67H,5,8-9,20-21,24-25,29-31,33-35H2,1-4H3/q-1. The number of hydrogen-bond donors (Lipinski definition) is 7. The minimum atomic E-state index is -1.39. The number of aryl methyl sites for hydroxylation is 1. The van der Waals surface area contributed by atoms with Crippen LogP contribution in [0.3, 0.4) is 0 Å². The van der Waals surface area contributed by atoms with Gasteiger partial charge in [-0.3, -0.25) is 10.1 Å². The van der Waals surface area contributed by atoms with Crippen LogP contribution in [0.2, 0.25) is 0 Å². The van der Waals surface area contributed by atoms with E-state index in [1.54, 1.807) is 50.7 Å². The zero-order valence-corrected chi connectivity index (χ0v) is 42.7. The summed E-state index contributed by atoms with van der Waals surface area (Å²) in [6, 6.07) is 27.1. The molecule has 6 aromatic rings. The lowest BCUT2D eigenvalue weighted by Crippen LogP contribution is -2.41. The van der Waals surface area contributed by atoms with E-state index in [0.717, 1.165) is 81.8 Å². The number of nitrogens with one attached hydrogen (secondary N) is 2. The number of hydrogen-bond acceptors (Lipinski definition) is 12. The van der Waals surface area contributed by atoms with Crippen molar-refractivity contribution >= 4 is 38.1 Å². The quantitative estimate of drug-likeness (QED) is 0.0383. The molecule has 0 spiro atoms. The van der Waals surface area contributed by atoms with Crippen molar-refractivity contribution in [3.05, 3.63) is 160 Å². The van der Waals surface area contributed by atoms with E-state index in [1.807, 2.05) is 49.5 Å². The third kappa shape index (κ3) is 10.5. The number of allylic oxidation sites excluding steroid dienone is 1. The molecular formula is C58H66N3O8S2-. The Morgan fingerprint density at radius 2 is 1.73 bits per heavy atom. The molecule has 0 bridgehead atoms. The van der Waals surface area contributed by atoms with Gasteiger partial charge in [-0.15, -0.1) is 0 Å². The molecule has 0 amide bonds. The number of β-amino-alcohol motifs (C(OH)–C–C–N with tert-alkyl or cyclic N) is 1. The molecule has 1 saturated carbocycles. The summed E-state index contributed by atoms with van der Waals surface area (Å²) in [5, 5.41) is 67.0. The van der Waals surface area contributed by atoms with Crippen molar-refractivity contribution < 1.29 is 39.8 Å². The number of carbonyl (C=O) groups is 1. The second-order valence-corrected chi connectivity index (χ2v) is 22.5. The van der Waals surface area contributed by atoms with Gasteiger partial charge in [0.05, 0.1) is 29.5 Å². The van der Waals surface area contributed by atoms with Crippen molar-refractivity contribution in [1.82, 2.24) is 15.6 Å². The van der Waals surface area contributed by atoms with E-state index in [2.05, 4.69) is 52.9 Å². The zero-order valence-electron chi connectivity index (χ0n) is 41.0. The number of aromatic hydroxyl groups is 3. The number of methoxy groups -OCH3 is 1. The minimum absolute atomic E-state index is 0.0260. The van der Waals surface area contributed by atoms with Crippen LogP contribution in [0.4, 0.5) is 0 Å². The van der Waals surface area contributed by atoms with Gasteiger partial charge in [-0.25, -0.2) is 0 Å². The maximum absolute atomic E-state index is 16.0. The highest BCUT2D eigenvalue weighted by molar-refractivity contribution is 8.76. The van der Waals surface area contributed by atoms with Crippen LogP contribution in [0.5, 0.6) is 28.7 Å². The Labute approximate surface area is 424 Å². The molecule has 1 aliphatic heterocycles. The fraction of sp³-hybridized carbons (Fsp3) is 0.397. The molecule has 7 N–H and O–H groups in total. The lowest BCUT2D eigenvalue weighted by atomic mass is 9.69. The molecule has 1 fully saturated rings. The van der Waals surface area contributed by atoms with Crippen molar-refractivity contribution in [2.45, 2.75) is 106 Å². The maximum atomic E-state index is 16.0. The first-order valence-corrected chi connectivity index (χ1v) is 27.2. The minimum Gasteiger partial charge on any atom is -0.670 e. The highest BCUT2D eigenvalue weighted by Gasteiger charge is 2.45. The van der Waals surface area contributed by atoms with E-state index in [-0.39, 0.29) is 42.6 Å². The van der Waals surface area contributed by atoms with E-state index in [0.29, 0.717) is 48.6 Å². The SMILES string of the molecule is CCc1ccc2ccccc2c1Cc1c(CC(Cc2cc[n-]c2)C(O)CC(=O)C2(c3cc(O)cc(C4(NC)CCCC4)c3)C=CC3SSCC(C)(O)CNCOc4c(O)ccc(c43)C2)ccc(O)c1OC. The van der Waals surface area contributed by atoms with Crippen LogP contribution in [0.25, 0.3) is 10.8 Å². The molecule has 5 unspecified atom stereocenters. The van der Waals surface area contributed by atoms with Crippen molar-refractivity contribution in [3.63, 3.8) is 0 Å². The number of aromatic nitrogens is 1. The number of benzene rings is 5. The predicted octanol–water partition coefficient (Wildman–Crippen LogP) is 9.65. The number of aliphatic hydroxyl groups excluding tert-OH is 1. The molecule has 1 aromatic heterocycles. The van der Waals surface area contributed by atoms with Crippen molar-refractivity contribution in [3.8, 4) is 28.7 Å². The van der Waals surface area contributed by atoms with Gasteiger partial charge in [-0.2, -0.15) is 12.4 Å². The van der Waals surface area contributed by atoms with Gasteiger partial charge < -0.3 is 45.3 Å². The molecule has 2 heterocycles. The van der Waals surface area contributed by atoms with Crippen LogP contribution >= 0.6 is 21.6 Å². The largest absolute Gasteiger partial charge is 0.670 e. The highest BCUT2D eigenvalue weighted by atomic mass is 33.1. The van der Waals surface area contributed by atoms with Crippen LogP contribution in [0, 0.1) is 5.92 Å². The van der Waals surface area contributed by atoms with E-state index in [4.69, 9.17) is 9.47 Å². The summed E-state index contributed by atoms with van der Waals surface area (Å²) in [6.07, 6.45) is 12.1. The number of ether oxygens (including phenoxy) is 2. The van der Waals surface area contributed by atoms with Crippen LogP contribution in [-0.2, 0) is 47.9 Å².